The van der Waals surface area contributed by atoms with Crippen LogP contribution in [0.3, 0.4) is 0 Å². The molecule has 46 heavy (non-hydrogen) atoms. The van der Waals surface area contributed by atoms with Crippen molar-refractivity contribution in [1.29, 1.82) is 0 Å². The molecule has 0 aromatic heterocycles. The van der Waals surface area contributed by atoms with Gasteiger partial charge < -0.3 is 43.7 Å². The van der Waals surface area contributed by atoms with E-state index in [-0.39, 0.29) is 82.6 Å². The Bertz CT molecular complexity index is 722. The summed E-state index contributed by atoms with van der Waals surface area (Å²) in [6.45, 7) is 4.89. The second-order valence-electron chi connectivity index (χ2n) is 10.1. The molecule has 0 aromatic carbocycles. The number of carbonyl (C=O) groups excluding carboxylic acids is 4. The lowest BCUT2D eigenvalue weighted by Gasteiger charge is -2.21. The second kappa shape index (κ2) is 33.6. The molecule has 0 unspecified atom stereocenters. The predicted octanol–water partition coefficient (Wildman–Crippen LogP) is 2.26. The van der Waals surface area contributed by atoms with E-state index in [0.717, 1.165) is 18.6 Å². The number of methoxy groups -OCH3 is 1. The number of esters is 4. The average Bonchev–Trinajstić information content (AvgIpc) is 3.04. The van der Waals surface area contributed by atoms with E-state index in [9.17, 15) is 19.2 Å². The van der Waals surface area contributed by atoms with E-state index >= 15 is 0 Å². The topological polar surface area (TPSA) is 161 Å². The zero-order valence-corrected chi connectivity index (χ0v) is 30.1. The highest BCUT2D eigenvalue weighted by molar-refractivity contribution is 8.76. The standard InChI is InChI=1S/C30H56N2O11S3/c1-39-19-20-40-27(35)7-13-31(11-3-5-17-33)15-9-29(37)42-22-25-45-46-26-23-43-30(38)10-16-32(12-4-6-18-34)14-8-28(36)41-21-24-44-2/h33-34H,3-26H2,1-2H3. The molecule has 0 aliphatic carbocycles. The smallest absolute Gasteiger partial charge is 0.307 e. The van der Waals surface area contributed by atoms with Gasteiger partial charge in [0.15, 0.2) is 0 Å². The van der Waals surface area contributed by atoms with E-state index in [4.69, 9.17) is 33.9 Å². The summed E-state index contributed by atoms with van der Waals surface area (Å²) in [5.41, 5.74) is 0. The summed E-state index contributed by atoms with van der Waals surface area (Å²) in [6, 6.07) is 0. The molecule has 0 atom stereocenters. The molecule has 0 spiro atoms. The number of aliphatic hydroxyl groups excluding tert-OH is 2. The van der Waals surface area contributed by atoms with Gasteiger partial charge in [0.05, 0.1) is 32.3 Å². The summed E-state index contributed by atoms with van der Waals surface area (Å²) >= 11 is 1.61. The van der Waals surface area contributed by atoms with Crippen LogP contribution in [0.1, 0.15) is 51.4 Å². The monoisotopic (exact) mass is 716 g/mol. The molecule has 0 aliphatic rings. The van der Waals surface area contributed by atoms with Gasteiger partial charge >= 0.3 is 23.9 Å². The maximum Gasteiger partial charge on any atom is 0.307 e. The van der Waals surface area contributed by atoms with Crippen LogP contribution in [0.4, 0.5) is 0 Å². The number of rotatable bonds is 33. The van der Waals surface area contributed by atoms with Gasteiger partial charge in [0.2, 0.25) is 0 Å². The summed E-state index contributed by atoms with van der Waals surface area (Å²) in [4.78, 5) is 52.2. The highest BCUT2D eigenvalue weighted by atomic mass is 33.1. The Morgan fingerprint density at radius 3 is 1.24 bits per heavy atom. The zero-order chi connectivity index (χ0) is 34.1. The van der Waals surface area contributed by atoms with Crippen molar-refractivity contribution in [3.05, 3.63) is 0 Å². The van der Waals surface area contributed by atoms with Crippen molar-refractivity contribution in [3.8, 4) is 0 Å². The van der Waals surface area contributed by atoms with E-state index in [1.165, 1.54) is 28.7 Å². The quantitative estimate of drug-likeness (QED) is 0.0440. The van der Waals surface area contributed by atoms with Crippen molar-refractivity contribution in [1.82, 2.24) is 9.80 Å². The van der Waals surface area contributed by atoms with E-state index in [1.807, 2.05) is 16.1 Å². The van der Waals surface area contributed by atoms with E-state index in [0.29, 0.717) is 76.8 Å². The molecule has 16 heteroatoms. The van der Waals surface area contributed by atoms with Crippen molar-refractivity contribution in [2.24, 2.45) is 0 Å². The lowest BCUT2D eigenvalue weighted by molar-refractivity contribution is -0.146. The van der Waals surface area contributed by atoms with Gasteiger partial charge in [-0.1, -0.05) is 21.6 Å². The van der Waals surface area contributed by atoms with E-state index < -0.39 is 0 Å². The number of aliphatic hydroxyl groups is 2. The third-order valence-corrected chi connectivity index (χ3v) is 9.25. The lowest BCUT2D eigenvalue weighted by atomic mass is 10.2. The first-order valence-electron chi connectivity index (χ1n) is 15.9. The molecule has 0 saturated carbocycles. The molecule has 0 rings (SSSR count). The van der Waals surface area contributed by atoms with Crippen molar-refractivity contribution < 1.29 is 53.1 Å². The SMILES string of the molecule is COCCOC(=O)CCN(CCCCO)CCC(=O)OCCSSCCOC(=O)CCN(CCCCO)CCC(=O)OCCSC. The first-order chi connectivity index (χ1) is 22.4. The Balaban J connectivity index is 4.09. The van der Waals surface area contributed by atoms with Gasteiger partial charge in [-0.05, 0) is 45.0 Å². The van der Waals surface area contributed by atoms with Crippen LogP contribution in [-0.4, -0.2) is 160 Å². The maximum absolute atomic E-state index is 12.2. The molecule has 0 aromatic rings. The normalized spacial score (nSPS) is 11.2. The van der Waals surface area contributed by atoms with Gasteiger partial charge in [-0.15, -0.1) is 0 Å². The average molecular weight is 717 g/mol. The van der Waals surface area contributed by atoms with Crippen LogP contribution >= 0.6 is 33.3 Å². The molecule has 0 bridgehead atoms. The summed E-state index contributed by atoms with van der Waals surface area (Å²) < 4.78 is 25.8. The number of thioether (sulfide) groups is 1. The molecular weight excluding hydrogens is 661 g/mol. The Kier molecular flexibility index (Phi) is 32.7. The number of nitrogens with zero attached hydrogens (tertiary/aromatic N) is 2. The molecule has 13 nitrogen and oxygen atoms in total. The molecule has 270 valence electrons. The minimum atomic E-state index is -0.319. The molecule has 2 N–H and O–H groups in total. The van der Waals surface area contributed by atoms with Crippen molar-refractivity contribution in [2.75, 3.05) is 116 Å². The number of carbonyl (C=O) groups is 4. The van der Waals surface area contributed by atoms with Gasteiger partial charge in [0.25, 0.3) is 0 Å². The molecule has 0 heterocycles. The Morgan fingerprint density at radius 2 is 0.891 bits per heavy atom. The Morgan fingerprint density at radius 1 is 0.522 bits per heavy atom. The van der Waals surface area contributed by atoms with Gasteiger partial charge in [-0.3, -0.25) is 19.2 Å². The van der Waals surface area contributed by atoms with Crippen LogP contribution in [0.5, 0.6) is 0 Å². The predicted molar refractivity (Wildman–Crippen MR) is 183 cm³/mol. The highest BCUT2D eigenvalue weighted by Gasteiger charge is 2.14. The highest BCUT2D eigenvalue weighted by Crippen LogP contribution is 2.20. The van der Waals surface area contributed by atoms with Gasteiger partial charge in [-0.25, -0.2) is 0 Å². The molecule has 0 radical (unpaired) electrons. The van der Waals surface area contributed by atoms with Crippen LogP contribution in [0.2, 0.25) is 0 Å². The third-order valence-electron chi connectivity index (χ3n) is 6.34. The second-order valence-corrected chi connectivity index (χ2v) is 13.7. The van der Waals surface area contributed by atoms with Gasteiger partial charge in [0.1, 0.15) is 26.4 Å². The Labute approximate surface area is 286 Å². The first-order valence-corrected chi connectivity index (χ1v) is 19.8. The van der Waals surface area contributed by atoms with Gasteiger partial charge in [0, 0.05) is 63.8 Å². The zero-order valence-electron chi connectivity index (χ0n) is 27.7. The maximum atomic E-state index is 12.2. The van der Waals surface area contributed by atoms with Crippen molar-refractivity contribution >= 4 is 57.2 Å². The van der Waals surface area contributed by atoms with E-state index in [2.05, 4.69) is 0 Å². The summed E-state index contributed by atoms with van der Waals surface area (Å²) in [6.07, 6.45) is 5.67. The van der Waals surface area contributed by atoms with Crippen LogP contribution in [0, 0.1) is 0 Å². The Hall–Kier alpha value is -1.27. The molecule has 0 amide bonds. The summed E-state index contributed by atoms with van der Waals surface area (Å²) in [5.74, 6) is 0.767. The van der Waals surface area contributed by atoms with E-state index in [1.54, 1.807) is 11.8 Å². The summed E-state index contributed by atoms with van der Waals surface area (Å²) in [7, 11) is 4.60. The lowest BCUT2D eigenvalue weighted by Crippen LogP contribution is -2.31. The molecule has 0 saturated heterocycles. The van der Waals surface area contributed by atoms with Crippen LogP contribution in [0.15, 0.2) is 0 Å². The molecule has 0 fully saturated rings. The minimum Gasteiger partial charge on any atom is -0.465 e. The summed E-state index contributed by atoms with van der Waals surface area (Å²) in [5, 5.41) is 18.1. The van der Waals surface area contributed by atoms with Crippen LogP contribution < -0.4 is 0 Å². The number of hydrogen-bond acceptors (Lipinski definition) is 16. The molecule has 0 aliphatic heterocycles. The number of hydrogen-bond donors (Lipinski definition) is 2. The van der Waals surface area contributed by atoms with Crippen LogP contribution in [-0.2, 0) is 42.9 Å². The minimum absolute atomic E-state index is 0.0952. The van der Waals surface area contributed by atoms with Crippen molar-refractivity contribution in [3.63, 3.8) is 0 Å². The van der Waals surface area contributed by atoms with Crippen LogP contribution in [0.25, 0.3) is 0 Å². The first kappa shape index (κ1) is 44.7. The third kappa shape index (κ3) is 30.1. The fraction of sp³-hybridized carbons (Fsp3) is 0.867. The fourth-order valence-corrected chi connectivity index (χ4v) is 5.73. The molecular formula is C30H56N2O11S3. The largest absolute Gasteiger partial charge is 0.465 e. The number of ether oxygens (including phenoxy) is 5. The van der Waals surface area contributed by atoms with Crippen molar-refractivity contribution in [2.45, 2.75) is 51.4 Å². The number of unbranched alkanes of at least 4 members (excludes halogenated alkanes) is 2. The fourth-order valence-electron chi connectivity index (χ4n) is 3.83. The van der Waals surface area contributed by atoms with Gasteiger partial charge in [-0.2, -0.15) is 11.8 Å².